The van der Waals surface area contributed by atoms with Gasteiger partial charge in [0.1, 0.15) is 17.6 Å². The molecule has 3 nitrogen and oxygen atoms in total. The van der Waals surface area contributed by atoms with Crippen LogP contribution in [0.15, 0.2) is 48.5 Å². The fourth-order valence-corrected chi connectivity index (χ4v) is 2.22. The molecule has 2 rings (SSSR count). The van der Waals surface area contributed by atoms with Crippen LogP contribution in [0.1, 0.15) is 38.8 Å². The highest BCUT2D eigenvalue weighted by molar-refractivity contribution is 5.39. The van der Waals surface area contributed by atoms with E-state index in [-0.39, 0.29) is 0 Å². The Hall–Kier alpha value is -2.44. The summed E-state index contributed by atoms with van der Waals surface area (Å²) in [4.78, 5) is 0. The number of aliphatic hydroxyl groups is 2. The van der Waals surface area contributed by atoms with Gasteiger partial charge in [-0.3, -0.25) is 0 Å². The first-order chi connectivity index (χ1) is 10.7. The minimum Gasteiger partial charge on any atom is -0.462 e. The molecule has 3 heteroatoms. The Bertz CT molecular complexity index is 709. The molecule has 0 fully saturated rings. The smallest absolute Gasteiger partial charge is 0.127 e. The molecule has 2 aromatic rings. The molecule has 0 saturated heterocycles. The van der Waals surface area contributed by atoms with Crippen LogP contribution in [0.5, 0.6) is 11.5 Å². The Balaban J connectivity index is 2.13. The molecule has 2 N–H and O–H groups in total. The molecule has 0 aliphatic rings. The molecule has 23 heavy (non-hydrogen) atoms. The maximum absolute atomic E-state index is 9.95. The normalized spacial score (nSPS) is 11.5. The molecule has 0 saturated carbocycles. The van der Waals surface area contributed by atoms with E-state index in [4.69, 9.17) is 9.84 Å². The van der Waals surface area contributed by atoms with E-state index in [1.165, 1.54) is 0 Å². The first-order valence-corrected chi connectivity index (χ1v) is 7.50. The van der Waals surface area contributed by atoms with Gasteiger partial charge in [0.15, 0.2) is 0 Å². The lowest BCUT2D eigenvalue weighted by Crippen LogP contribution is -2.14. The van der Waals surface area contributed by atoms with Gasteiger partial charge in [0.2, 0.25) is 0 Å². The van der Waals surface area contributed by atoms with Crippen molar-refractivity contribution in [3.8, 4) is 23.5 Å². The van der Waals surface area contributed by atoms with Crippen molar-refractivity contribution in [2.45, 2.75) is 38.7 Å². The predicted molar refractivity (Wildman–Crippen MR) is 90.9 cm³/mol. The highest BCUT2D eigenvalue weighted by Crippen LogP contribution is 2.28. The van der Waals surface area contributed by atoms with E-state index in [1.807, 2.05) is 68.5 Å². The lowest BCUT2D eigenvalue weighted by Gasteiger charge is -2.19. The van der Waals surface area contributed by atoms with E-state index in [9.17, 15) is 5.11 Å². The molecule has 0 spiro atoms. The second kappa shape index (κ2) is 6.36. The van der Waals surface area contributed by atoms with Gasteiger partial charge in [0.25, 0.3) is 0 Å². The lowest BCUT2D eigenvalue weighted by atomic mass is 9.86. The van der Waals surface area contributed by atoms with Gasteiger partial charge in [0.05, 0.1) is 11.0 Å². The Morgan fingerprint density at radius 2 is 1.22 bits per heavy atom. The number of hydrogen-bond donors (Lipinski definition) is 2. The van der Waals surface area contributed by atoms with Crippen molar-refractivity contribution in [2.75, 3.05) is 0 Å². The molecule has 0 aliphatic heterocycles. The van der Waals surface area contributed by atoms with Crippen LogP contribution in [-0.2, 0) is 11.0 Å². The van der Waals surface area contributed by atoms with Gasteiger partial charge < -0.3 is 14.9 Å². The van der Waals surface area contributed by atoms with Crippen molar-refractivity contribution < 1.29 is 14.9 Å². The third kappa shape index (κ3) is 4.28. The Kier molecular flexibility index (Phi) is 4.68. The summed E-state index contributed by atoms with van der Waals surface area (Å²) < 4.78 is 5.81. The fraction of sp³-hybridized carbons (Fsp3) is 0.300. The predicted octanol–water partition coefficient (Wildman–Crippen LogP) is 4.32. The number of ether oxygens (including phenoxy) is 1. The van der Waals surface area contributed by atoms with E-state index in [2.05, 4.69) is 5.92 Å². The molecule has 0 amide bonds. The minimum absolute atomic E-state index is 0.415. The van der Waals surface area contributed by atoms with Gasteiger partial charge in [-0.2, -0.15) is 0 Å². The molecule has 0 aromatic heterocycles. The quantitative estimate of drug-likeness (QED) is 0.827. The zero-order valence-corrected chi connectivity index (χ0v) is 13.9. The molecule has 0 atom stereocenters. The van der Waals surface area contributed by atoms with Crippen LogP contribution in [0.3, 0.4) is 0 Å². The van der Waals surface area contributed by atoms with E-state index in [0.29, 0.717) is 5.75 Å². The monoisotopic (exact) mass is 310 g/mol. The standard InChI is InChI=1S/C20H22O3/c1-19(2,13-14-21)15-5-9-17(10-6-15)23-18-11-7-16(8-12-18)20(3,4)22/h5-12,21-22H,1-4H3. The minimum atomic E-state index is -0.862. The molecule has 2 aromatic carbocycles. The van der Waals surface area contributed by atoms with Crippen molar-refractivity contribution in [1.29, 1.82) is 0 Å². The molecule has 0 unspecified atom stereocenters. The van der Waals surface area contributed by atoms with E-state index in [1.54, 1.807) is 13.8 Å². The highest BCUT2D eigenvalue weighted by Gasteiger charge is 2.18. The fourth-order valence-electron chi connectivity index (χ4n) is 2.22. The average molecular weight is 310 g/mol. The summed E-state index contributed by atoms with van der Waals surface area (Å²) in [7, 11) is 0. The first kappa shape index (κ1) is 16.9. The van der Waals surface area contributed by atoms with Crippen LogP contribution in [0.2, 0.25) is 0 Å². The van der Waals surface area contributed by atoms with Gasteiger partial charge in [-0.1, -0.05) is 24.3 Å². The van der Waals surface area contributed by atoms with Gasteiger partial charge in [-0.25, -0.2) is 0 Å². The summed E-state index contributed by atoms with van der Waals surface area (Å²) in [5.41, 5.74) is 0.564. The molecular weight excluding hydrogens is 288 g/mol. The highest BCUT2D eigenvalue weighted by atomic mass is 16.5. The first-order valence-electron chi connectivity index (χ1n) is 7.50. The summed E-state index contributed by atoms with van der Waals surface area (Å²) in [6, 6.07) is 15.0. The number of rotatable bonds is 4. The molecule has 0 radical (unpaired) electrons. The maximum atomic E-state index is 9.95. The zero-order chi connectivity index (χ0) is 17.1. The lowest BCUT2D eigenvalue weighted by molar-refractivity contribution is 0.0786. The van der Waals surface area contributed by atoms with Crippen molar-refractivity contribution >= 4 is 0 Å². The number of hydrogen-bond acceptors (Lipinski definition) is 3. The Morgan fingerprint density at radius 3 is 1.61 bits per heavy atom. The second-order valence-corrected chi connectivity index (χ2v) is 6.57. The van der Waals surface area contributed by atoms with E-state index in [0.717, 1.165) is 16.9 Å². The van der Waals surface area contributed by atoms with Crippen LogP contribution in [-0.4, -0.2) is 10.2 Å². The summed E-state index contributed by atoms with van der Waals surface area (Å²) in [6.07, 6.45) is 1.98. The topological polar surface area (TPSA) is 49.7 Å². The Morgan fingerprint density at radius 1 is 0.783 bits per heavy atom. The largest absolute Gasteiger partial charge is 0.462 e. The summed E-state index contributed by atoms with van der Waals surface area (Å²) >= 11 is 0. The third-order valence-corrected chi connectivity index (χ3v) is 3.74. The van der Waals surface area contributed by atoms with Crippen molar-refractivity contribution in [1.82, 2.24) is 0 Å². The van der Waals surface area contributed by atoms with Crippen LogP contribution in [0.25, 0.3) is 0 Å². The second-order valence-electron chi connectivity index (χ2n) is 6.57. The maximum Gasteiger partial charge on any atom is 0.127 e. The van der Waals surface area contributed by atoms with Gasteiger partial charge in [0, 0.05) is 0 Å². The summed E-state index contributed by atoms with van der Waals surface area (Å²) in [6.45, 7) is 7.39. The average Bonchev–Trinajstić information content (AvgIpc) is 2.47. The number of aliphatic hydroxyl groups excluding tert-OH is 1. The van der Waals surface area contributed by atoms with Crippen LogP contribution in [0, 0.1) is 12.0 Å². The molecular formula is C20H22O3. The number of benzene rings is 2. The molecule has 0 aliphatic carbocycles. The van der Waals surface area contributed by atoms with Crippen molar-refractivity contribution in [3.05, 3.63) is 59.7 Å². The summed E-state index contributed by atoms with van der Waals surface area (Å²) in [5, 5.41) is 18.7. The Labute approximate surface area is 137 Å². The van der Waals surface area contributed by atoms with E-state index >= 15 is 0 Å². The molecule has 120 valence electrons. The van der Waals surface area contributed by atoms with Gasteiger partial charge in [-0.05, 0) is 69.0 Å². The molecule has 0 bridgehead atoms. The van der Waals surface area contributed by atoms with Crippen LogP contribution >= 0.6 is 0 Å². The van der Waals surface area contributed by atoms with Gasteiger partial charge >= 0.3 is 0 Å². The zero-order valence-electron chi connectivity index (χ0n) is 13.9. The molecule has 0 heterocycles. The SMILES string of the molecule is CC(C)(O)c1ccc(Oc2ccc(C(C)(C)C#CO)cc2)cc1. The van der Waals surface area contributed by atoms with Crippen molar-refractivity contribution in [2.24, 2.45) is 0 Å². The van der Waals surface area contributed by atoms with Crippen LogP contribution in [0.4, 0.5) is 0 Å². The van der Waals surface area contributed by atoms with Crippen molar-refractivity contribution in [3.63, 3.8) is 0 Å². The van der Waals surface area contributed by atoms with Gasteiger partial charge in [-0.15, -0.1) is 0 Å². The van der Waals surface area contributed by atoms with Crippen LogP contribution < -0.4 is 4.74 Å². The third-order valence-electron chi connectivity index (χ3n) is 3.74. The van der Waals surface area contributed by atoms with E-state index < -0.39 is 11.0 Å². The summed E-state index contributed by atoms with van der Waals surface area (Å²) in [5.74, 6) is 4.20.